The number of aryl methyl sites for hydroxylation is 1. The molecule has 28 heavy (non-hydrogen) atoms. The number of aromatic hydroxyl groups is 1. The molecule has 0 spiro atoms. The molecule has 138 valence electrons. The Morgan fingerprint density at radius 1 is 1.21 bits per heavy atom. The number of benzene rings is 2. The zero-order valence-corrected chi connectivity index (χ0v) is 16.0. The lowest BCUT2D eigenvalue weighted by atomic mass is 10.0. The molecule has 1 N–H and O–H groups in total. The number of aliphatic imine (C=N–C) groups is 1. The molecule has 1 aliphatic rings. The molecule has 2 aromatic carbocycles. The van der Waals surface area contributed by atoms with E-state index in [0.29, 0.717) is 16.0 Å². The van der Waals surface area contributed by atoms with Crippen molar-refractivity contribution in [3.63, 3.8) is 0 Å². The van der Waals surface area contributed by atoms with Crippen LogP contribution in [0.15, 0.2) is 52.3 Å². The zero-order valence-electron chi connectivity index (χ0n) is 15.2. The second-order valence-electron chi connectivity index (χ2n) is 6.44. The van der Waals surface area contributed by atoms with Crippen LogP contribution in [0.2, 0.25) is 0 Å². The van der Waals surface area contributed by atoms with Gasteiger partial charge in [-0.2, -0.15) is 5.26 Å². The fourth-order valence-corrected chi connectivity index (χ4v) is 4.14. The topological polar surface area (TPSA) is 78.4 Å². The lowest BCUT2D eigenvalue weighted by Gasteiger charge is -2.06. The second kappa shape index (κ2) is 7.29. The Bertz CT molecular complexity index is 1230. The summed E-state index contributed by atoms with van der Waals surface area (Å²) < 4.78 is 1.29. The third kappa shape index (κ3) is 3.06. The molecule has 3 aromatic rings. The lowest BCUT2D eigenvalue weighted by Crippen LogP contribution is -2.14. The van der Waals surface area contributed by atoms with E-state index in [4.69, 9.17) is 0 Å². The molecular weight excluding hydrogens is 370 g/mol. The molecule has 6 heteroatoms. The molecule has 0 atom stereocenters. The van der Waals surface area contributed by atoms with E-state index in [9.17, 15) is 15.2 Å². The van der Waals surface area contributed by atoms with Crippen molar-refractivity contribution in [3.8, 4) is 11.9 Å². The molecule has 0 radical (unpaired) electrons. The fourth-order valence-electron chi connectivity index (χ4n) is 3.31. The molecule has 1 aliphatic heterocycles. The summed E-state index contributed by atoms with van der Waals surface area (Å²) in [5.41, 5.74) is 5.17. The highest BCUT2D eigenvalue weighted by Gasteiger charge is 2.18. The van der Waals surface area contributed by atoms with Crippen LogP contribution in [0.25, 0.3) is 11.6 Å². The third-order valence-electron chi connectivity index (χ3n) is 4.79. The molecular formula is C22H17N3O2S. The van der Waals surface area contributed by atoms with Gasteiger partial charge in [0.1, 0.15) is 0 Å². The number of aromatic nitrogens is 1. The van der Waals surface area contributed by atoms with Crippen molar-refractivity contribution in [3.05, 3.63) is 79.3 Å². The van der Waals surface area contributed by atoms with Gasteiger partial charge in [-0.05, 0) is 29.7 Å². The monoisotopic (exact) mass is 387 g/mol. The minimum Gasteiger partial charge on any atom is -0.493 e. The van der Waals surface area contributed by atoms with E-state index < -0.39 is 0 Å². The van der Waals surface area contributed by atoms with Gasteiger partial charge in [0.15, 0.2) is 0 Å². The van der Waals surface area contributed by atoms with Gasteiger partial charge in [0.05, 0.1) is 28.7 Å². The molecule has 0 unspecified atom stereocenters. The Kier molecular flexibility index (Phi) is 4.68. The fraction of sp³-hybridized carbons (Fsp3) is 0.136. The van der Waals surface area contributed by atoms with E-state index >= 15 is 0 Å². The summed E-state index contributed by atoms with van der Waals surface area (Å²) in [7, 11) is 0. The standard InChI is InChI=1S/C22H17N3O2S/c1-2-14-8-5-9-18-17(12-24-20(14)18)10-19-21(26)25(22(27)28-19)13-16-7-4-3-6-15(16)11-23/h3-10,12,26H,2,13H2,1H3. The molecule has 5 nitrogen and oxygen atoms in total. The first-order valence-corrected chi connectivity index (χ1v) is 9.72. The summed E-state index contributed by atoms with van der Waals surface area (Å²) in [6.45, 7) is 2.24. The summed E-state index contributed by atoms with van der Waals surface area (Å²) in [4.78, 5) is 17.2. The van der Waals surface area contributed by atoms with Crippen LogP contribution < -0.4 is 4.87 Å². The first kappa shape index (κ1) is 18.0. The van der Waals surface area contributed by atoms with Gasteiger partial charge in [0.25, 0.3) is 0 Å². The number of hydrogen-bond donors (Lipinski definition) is 1. The highest BCUT2D eigenvalue weighted by molar-refractivity contribution is 7.10. The Labute approximate surface area is 166 Å². The predicted octanol–water partition coefficient (Wildman–Crippen LogP) is 4.35. The van der Waals surface area contributed by atoms with Crippen molar-refractivity contribution in [2.45, 2.75) is 19.9 Å². The van der Waals surface area contributed by atoms with Crippen molar-refractivity contribution in [2.24, 2.45) is 4.99 Å². The number of nitriles is 1. The number of allylic oxidation sites excluding steroid dienone is 1. The van der Waals surface area contributed by atoms with Crippen LogP contribution >= 0.6 is 11.3 Å². The van der Waals surface area contributed by atoms with Gasteiger partial charge >= 0.3 is 4.87 Å². The van der Waals surface area contributed by atoms with E-state index in [0.717, 1.165) is 34.6 Å². The lowest BCUT2D eigenvalue weighted by molar-refractivity contribution is 0.420. The Hall–Kier alpha value is -3.43. The maximum absolute atomic E-state index is 12.5. The van der Waals surface area contributed by atoms with Crippen molar-refractivity contribution >= 4 is 34.9 Å². The van der Waals surface area contributed by atoms with Gasteiger partial charge in [-0.25, -0.2) is 0 Å². The Morgan fingerprint density at radius 3 is 2.79 bits per heavy atom. The van der Waals surface area contributed by atoms with Crippen LogP contribution in [0.4, 0.5) is 5.69 Å². The van der Waals surface area contributed by atoms with Gasteiger partial charge in [0.2, 0.25) is 5.88 Å². The number of rotatable bonds is 4. The molecule has 0 saturated carbocycles. The minimum atomic E-state index is -0.269. The smallest absolute Gasteiger partial charge is 0.310 e. The SMILES string of the molecule is CCc1cccc2c1N=CC2=Cc1sc(=O)n(Cc2ccccc2C#N)c1O. The van der Waals surface area contributed by atoms with Gasteiger partial charge in [-0.15, -0.1) is 0 Å². The first-order chi connectivity index (χ1) is 13.6. The van der Waals surface area contributed by atoms with Gasteiger partial charge in [-0.3, -0.25) is 14.4 Å². The number of para-hydroxylation sites is 1. The molecule has 4 rings (SSSR count). The molecule has 0 fully saturated rings. The molecule has 0 saturated heterocycles. The van der Waals surface area contributed by atoms with Crippen LogP contribution in [0.5, 0.6) is 5.88 Å². The van der Waals surface area contributed by atoms with Crippen LogP contribution in [-0.4, -0.2) is 15.9 Å². The van der Waals surface area contributed by atoms with Crippen LogP contribution in [0.3, 0.4) is 0 Å². The number of fused-ring (bicyclic) bond motifs is 1. The summed E-state index contributed by atoms with van der Waals surface area (Å²) in [6, 6.07) is 15.2. The Morgan fingerprint density at radius 2 is 2.00 bits per heavy atom. The van der Waals surface area contributed by atoms with Crippen LogP contribution in [0.1, 0.15) is 34.1 Å². The molecule has 2 heterocycles. The summed E-state index contributed by atoms with van der Waals surface area (Å²) in [5, 5.41) is 19.9. The maximum atomic E-state index is 12.5. The predicted molar refractivity (Wildman–Crippen MR) is 112 cm³/mol. The van der Waals surface area contributed by atoms with E-state index in [1.165, 1.54) is 10.1 Å². The third-order valence-corrected chi connectivity index (χ3v) is 5.71. The van der Waals surface area contributed by atoms with Gasteiger partial charge in [0, 0.05) is 17.4 Å². The quantitative estimate of drug-likeness (QED) is 0.723. The van der Waals surface area contributed by atoms with E-state index in [1.54, 1.807) is 30.5 Å². The van der Waals surface area contributed by atoms with Crippen molar-refractivity contribution in [1.82, 2.24) is 4.57 Å². The molecule has 0 aliphatic carbocycles. The first-order valence-electron chi connectivity index (χ1n) is 8.91. The molecule has 1 aromatic heterocycles. The van der Waals surface area contributed by atoms with Crippen molar-refractivity contribution in [2.75, 3.05) is 0 Å². The Balaban J connectivity index is 1.73. The zero-order chi connectivity index (χ0) is 19.7. The van der Waals surface area contributed by atoms with Gasteiger partial charge < -0.3 is 5.11 Å². The molecule has 0 amide bonds. The van der Waals surface area contributed by atoms with Crippen LogP contribution in [0, 0.1) is 11.3 Å². The van der Waals surface area contributed by atoms with E-state index in [1.807, 2.05) is 18.2 Å². The average Bonchev–Trinajstić information content (AvgIpc) is 3.24. The minimum absolute atomic E-state index is 0.0938. The summed E-state index contributed by atoms with van der Waals surface area (Å²) >= 11 is 0.982. The molecule has 0 bridgehead atoms. The van der Waals surface area contributed by atoms with Crippen molar-refractivity contribution in [1.29, 1.82) is 5.26 Å². The van der Waals surface area contributed by atoms with Gasteiger partial charge in [-0.1, -0.05) is 54.7 Å². The normalized spacial score (nSPS) is 13.6. The van der Waals surface area contributed by atoms with Crippen LogP contribution in [-0.2, 0) is 13.0 Å². The average molecular weight is 387 g/mol. The highest BCUT2D eigenvalue weighted by atomic mass is 32.1. The highest BCUT2D eigenvalue weighted by Crippen LogP contribution is 2.37. The maximum Gasteiger partial charge on any atom is 0.310 e. The number of hydrogen-bond acceptors (Lipinski definition) is 5. The largest absolute Gasteiger partial charge is 0.493 e. The number of thiazole rings is 1. The summed E-state index contributed by atoms with van der Waals surface area (Å²) in [6.07, 6.45) is 4.45. The second-order valence-corrected chi connectivity index (χ2v) is 7.43. The summed E-state index contributed by atoms with van der Waals surface area (Å²) in [5.74, 6) is -0.0938. The van der Waals surface area contributed by atoms with E-state index in [2.05, 4.69) is 24.1 Å². The van der Waals surface area contributed by atoms with E-state index in [-0.39, 0.29) is 17.3 Å². The number of nitrogens with zero attached hydrogens (tertiary/aromatic N) is 3. The van der Waals surface area contributed by atoms with Crippen molar-refractivity contribution < 1.29 is 5.11 Å².